The van der Waals surface area contributed by atoms with Crippen molar-refractivity contribution in [3.63, 3.8) is 0 Å². The van der Waals surface area contributed by atoms with Crippen LogP contribution in [-0.4, -0.2) is 16.3 Å². The lowest BCUT2D eigenvalue weighted by molar-refractivity contribution is 0.0980. The number of Topliss-reactive ketones (excluding diaryl/α,β-unsaturated/α-hetero) is 1. The summed E-state index contributed by atoms with van der Waals surface area (Å²) >= 11 is 0. The molecule has 1 rings (SSSR count). The predicted octanol–water partition coefficient (Wildman–Crippen LogP) is 5.22. The minimum atomic E-state index is 0.268. The van der Waals surface area contributed by atoms with Crippen LogP contribution in [-0.2, 0) is 0 Å². The molecule has 0 radical (unpaired) electrons. The largest absolute Gasteiger partial charge is 0.294 e. The van der Waals surface area contributed by atoms with Gasteiger partial charge in [-0.2, -0.15) is 0 Å². The number of ketones is 1. The topological polar surface area (TPSA) is 17.1 Å². The Balaban J connectivity index is 2.10. The molecule has 0 N–H and O–H groups in total. The number of unbranched alkanes of at least 4 members (excludes halogenated alkanes) is 1. The molecular formula is C15H22OS2. The Labute approximate surface area is 119 Å². The first-order valence-electron chi connectivity index (χ1n) is 6.38. The first-order chi connectivity index (χ1) is 8.49. The van der Waals surface area contributed by atoms with E-state index in [4.69, 9.17) is 0 Å². The van der Waals surface area contributed by atoms with Crippen LogP contribution in [0.3, 0.4) is 0 Å². The third-order valence-electron chi connectivity index (χ3n) is 2.29. The van der Waals surface area contributed by atoms with Gasteiger partial charge >= 0.3 is 0 Å². The molecule has 0 aliphatic carbocycles. The normalized spacial score (nSPS) is 11.5. The monoisotopic (exact) mass is 282 g/mol. The SMILES string of the molecule is CC(C)(C)SSCCCCC(=O)c1ccccc1. The Hall–Kier alpha value is -0.410. The van der Waals surface area contributed by atoms with E-state index in [1.165, 1.54) is 0 Å². The van der Waals surface area contributed by atoms with Gasteiger partial charge in [-0.15, -0.1) is 0 Å². The maximum Gasteiger partial charge on any atom is 0.162 e. The van der Waals surface area contributed by atoms with Gasteiger partial charge in [0.1, 0.15) is 0 Å². The van der Waals surface area contributed by atoms with Crippen molar-refractivity contribution in [2.75, 3.05) is 5.75 Å². The quantitative estimate of drug-likeness (QED) is 0.388. The van der Waals surface area contributed by atoms with Gasteiger partial charge in [-0.25, -0.2) is 0 Å². The first-order valence-corrected chi connectivity index (χ1v) is 8.70. The van der Waals surface area contributed by atoms with Crippen molar-refractivity contribution in [2.45, 2.75) is 44.8 Å². The molecule has 0 saturated heterocycles. The fourth-order valence-corrected chi connectivity index (χ4v) is 3.86. The van der Waals surface area contributed by atoms with Crippen LogP contribution in [0, 0.1) is 0 Å². The van der Waals surface area contributed by atoms with Gasteiger partial charge in [0.25, 0.3) is 0 Å². The predicted molar refractivity (Wildman–Crippen MR) is 84.4 cm³/mol. The molecule has 0 bridgehead atoms. The molecule has 0 aromatic heterocycles. The second-order valence-electron chi connectivity index (χ2n) is 5.26. The Bertz CT molecular complexity index is 355. The summed E-state index contributed by atoms with van der Waals surface area (Å²) in [6.45, 7) is 6.68. The Morgan fingerprint density at radius 1 is 1.11 bits per heavy atom. The van der Waals surface area contributed by atoms with Gasteiger partial charge in [0.05, 0.1) is 0 Å². The molecule has 0 saturated carbocycles. The highest BCUT2D eigenvalue weighted by Gasteiger charge is 2.10. The van der Waals surface area contributed by atoms with Crippen LogP contribution in [0.15, 0.2) is 30.3 Å². The average Bonchev–Trinajstić information content (AvgIpc) is 2.33. The molecule has 0 unspecified atom stereocenters. The smallest absolute Gasteiger partial charge is 0.162 e. The second-order valence-corrected chi connectivity index (χ2v) is 8.51. The van der Waals surface area contributed by atoms with E-state index in [1.54, 1.807) is 0 Å². The molecule has 1 aromatic carbocycles. The molecule has 0 aliphatic heterocycles. The maximum atomic E-state index is 11.8. The fraction of sp³-hybridized carbons (Fsp3) is 0.533. The zero-order valence-corrected chi connectivity index (χ0v) is 13.1. The van der Waals surface area contributed by atoms with Crippen LogP contribution in [0.5, 0.6) is 0 Å². The summed E-state index contributed by atoms with van der Waals surface area (Å²) in [5.74, 6) is 1.40. The van der Waals surface area contributed by atoms with Crippen molar-refractivity contribution in [3.8, 4) is 0 Å². The molecule has 0 spiro atoms. The van der Waals surface area contributed by atoms with Crippen LogP contribution in [0.1, 0.15) is 50.4 Å². The summed E-state index contributed by atoms with van der Waals surface area (Å²) in [4.78, 5) is 11.8. The maximum absolute atomic E-state index is 11.8. The molecule has 3 heteroatoms. The number of hydrogen-bond acceptors (Lipinski definition) is 3. The minimum absolute atomic E-state index is 0.268. The zero-order chi connectivity index (χ0) is 13.4. The molecule has 0 amide bonds. The van der Waals surface area contributed by atoms with Crippen LogP contribution in [0.2, 0.25) is 0 Å². The van der Waals surface area contributed by atoms with Crippen LogP contribution < -0.4 is 0 Å². The summed E-state index contributed by atoms with van der Waals surface area (Å²) in [5.41, 5.74) is 0.842. The minimum Gasteiger partial charge on any atom is -0.294 e. The second kappa shape index (κ2) is 7.90. The molecule has 0 atom stereocenters. The van der Waals surface area contributed by atoms with Crippen LogP contribution >= 0.6 is 21.6 Å². The van der Waals surface area contributed by atoms with E-state index >= 15 is 0 Å². The summed E-state index contributed by atoms with van der Waals surface area (Å²) < 4.78 is 0.324. The third-order valence-corrected chi connectivity index (χ3v) is 5.71. The molecule has 0 heterocycles. The standard InChI is InChI=1S/C15H22OS2/c1-15(2,3)18-17-12-8-7-11-14(16)13-9-5-4-6-10-13/h4-6,9-10H,7-8,11-12H2,1-3H3. The number of benzene rings is 1. The zero-order valence-electron chi connectivity index (χ0n) is 11.4. The van der Waals surface area contributed by atoms with Crippen LogP contribution in [0.4, 0.5) is 0 Å². The molecule has 0 fully saturated rings. The summed E-state index contributed by atoms with van der Waals surface area (Å²) in [7, 11) is 3.83. The lowest BCUT2D eigenvalue weighted by Gasteiger charge is -2.15. The third kappa shape index (κ3) is 7.12. The number of carbonyl (C=O) groups excluding carboxylic acids is 1. The van der Waals surface area contributed by atoms with E-state index in [2.05, 4.69) is 20.8 Å². The highest BCUT2D eigenvalue weighted by Crippen LogP contribution is 2.35. The molecule has 0 aliphatic rings. The van der Waals surface area contributed by atoms with Crippen molar-refractivity contribution in [1.29, 1.82) is 0 Å². The van der Waals surface area contributed by atoms with E-state index in [-0.39, 0.29) is 5.78 Å². The van der Waals surface area contributed by atoms with E-state index in [0.717, 1.165) is 24.2 Å². The molecule has 100 valence electrons. The highest BCUT2D eigenvalue weighted by molar-refractivity contribution is 8.77. The van der Waals surface area contributed by atoms with E-state index in [0.29, 0.717) is 11.2 Å². The van der Waals surface area contributed by atoms with Gasteiger partial charge in [-0.1, -0.05) is 72.7 Å². The van der Waals surface area contributed by atoms with E-state index < -0.39 is 0 Å². The number of rotatable bonds is 7. The van der Waals surface area contributed by atoms with Crippen molar-refractivity contribution in [1.82, 2.24) is 0 Å². The van der Waals surface area contributed by atoms with Crippen LogP contribution in [0.25, 0.3) is 0 Å². The van der Waals surface area contributed by atoms with Crippen molar-refractivity contribution in [3.05, 3.63) is 35.9 Å². The summed E-state index contributed by atoms with van der Waals surface area (Å²) in [6.07, 6.45) is 2.78. The van der Waals surface area contributed by atoms with Gasteiger partial charge < -0.3 is 0 Å². The van der Waals surface area contributed by atoms with Gasteiger partial charge in [-0.05, 0) is 12.8 Å². The molecule has 1 aromatic rings. The lowest BCUT2D eigenvalue weighted by Crippen LogP contribution is -2.04. The molecule has 1 nitrogen and oxygen atoms in total. The molecule has 18 heavy (non-hydrogen) atoms. The van der Waals surface area contributed by atoms with Crippen molar-refractivity contribution < 1.29 is 4.79 Å². The lowest BCUT2D eigenvalue weighted by atomic mass is 10.1. The highest BCUT2D eigenvalue weighted by atomic mass is 33.1. The van der Waals surface area contributed by atoms with E-state index in [9.17, 15) is 4.79 Å². The van der Waals surface area contributed by atoms with Gasteiger partial charge in [0, 0.05) is 22.5 Å². The average molecular weight is 282 g/mol. The fourth-order valence-electron chi connectivity index (χ4n) is 1.43. The van der Waals surface area contributed by atoms with E-state index in [1.807, 2.05) is 51.9 Å². The van der Waals surface area contributed by atoms with Crippen molar-refractivity contribution in [2.24, 2.45) is 0 Å². The van der Waals surface area contributed by atoms with Gasteiger partial charge in [0.15, 0.2) is 5.78 Å². The van der Waals surface area contributed by atoms with Gasteiger partial charge in [-0.3, -0.25) is 4.79 Å². The Morgan fingerprint density at radius 2 is 1.78 bits per heavy atom. The Kier molecular flexibility index (Phi) is 6.87. The first kappa shape index (κ1) is 15.6. The summed E-state index contributed by atoms with van der Waals surface area (Å²) in [5, 5.41) is 0. The van der Waals surface area contributed by atoms with Crippen molar-refractivity contribution >= 4 is 27.4 Å². The number of hydrogen-bond donors (Lipinski definition) is 0. The Morgan fingerprint density at radius 3 is 2.39 bits per heavy atom. The summed E-state index contributed by atoms with van der Waals surface area (Å²) in [6, 6.07) is 9.57. The van der Waals surface area contributed by atoms with Gasteiger partial charge in [0.2, 0.25) is 0 Å². The molecular weight excluding hydrogens is 260 g/mol. The number of carbonyl (C=O) groups is 1.